The quantitative estimate of drug-likeness (QED) is 0.685. The molecule has 4 rings (SSSR count). The van der Waals surface area contributed by atoms with Crippen molar-refractivity contribution in [3.05, 3.63) is 59.8 Å². The van der Waals surface area contributed by atoms with Crippen LogP contribution in [-0.4, -0.2) is 28.6 Å². The van der Waals surface area contributed by atoms with Gasteiger partial charge in [-0.25, -0.2) is 0 Å². The molecule has 1 saturated heterocycles. The lowest BCUT2D eigenvalue weighted by molar-refractivity contribution is 0.271. The lowest BCUT2D eigenvalue weighted by atomic mass is 10.0. The van der Waals surface area contributed by atoms with Gasteiger partial charge in [0.05, 0.1) is 11.6 Å². The van der Waals surface area contributed by atoms with Crippen LogP contribution in [0.15, 0.2) is 48.5 Å². The van der Waals surface area contributed by atoms with Crippen LogP contribution >= 0.6 is 0 Å². The van der Waals surface area contributed by atoms with Gasteiger partial charge in [-0.1, -0.05) is 18.2 Å². The van der Waals surface area contributed by atoms with Gasteiger partial charge in [-0.3, -0.25) is 0 Å². The smallest absolute Gasteiger partial charge is 0.0991 e. The van der Waals surface area contributed by atoms with Gasteiger partial charge in [0.1, 0.15) is 0 Å². The zero-order chi connectivity index (χ0) is 18.1. The Hall–Kier alpha value is -2.57. The fourth-order valence-corrected chi connectivity index (χ4v) is 4.18. The zero-order valence-electron chi connectivity index (χ0n) is 15.6. The lowest BCUT2D eigenvalue weighted by Crippen LogP contribution is -2.29. The van der Waals surface area contributed by atoms with E-state index in [-0.39, 0.29) is 0 Å². The highest BCUT2D eigenvalue weighted by molar-refractivity contribution is 5.86. The Kier molecular flexibility index (Phi) is 4.53. The second-order valence-electron chi connectivity index (χ2n) is 7.44. The first-order valence-electron chi connectivity index (χ1n) is 9.48. The Morgan fingerprint density at radius 2 is 1.96 bits per heavy atom. The van der Waals surface area contributed by atoms with Crippen LogP contribution in [0.5, 0.6) is 0 Å². The van der Waals surface area contributed by atoms with Crippen molar-refractivity contribution in [1.82, 2.24) is 9.47 Å². The summed E-state index contributed by atoms with van der Waals surface area (Å²) >= 11 is 0. The number of fused-ring (bicyclic) bond motifs is 1. The lowest BCUT2D eigenvalue weighted by Gasteiger charge is -2.20. The van der Waals surface area contributed by atoms with Crippen LogP contribution in [0.4, 0.5) is 0 Å². The molecule has 0 N–H and O–H groups in total. The SMILES string of the molecule is CC1CCCN1CCc1cc2cc(-c3cccc(C#N)c3)ccc2n1C. The first kappa shape index (κ1) is 16.9. The summed E-state index contributed by atoms with van der Waals surface area (Å²) in [7, 11) is 2.17. The molecule has 0 amide bonds. The number of hydrogen-bond donors (Lipinski definition) is 0. The molecule has 3 aromatic rings. The molecule has 3 nitrogen and oxygen atoms in total. The third-order valence-corrected chi connectivity index (χ3v) is 5.81. The summed E-state index contributed by atoms with van der Waals surface area (Å²) in [6, 6.07) is 19.7. The summed E-state index contributed by atoms with van der Waals surface area (Å²) in [5.74, 6) is 0. The summed E-state index contributed by atoms with van der Waals surface area (Å²) in [4.78, 5) is 2.61. The van der Waals surface area contributed by atoms with Gasteiger partial charge >= 0.3 is 0 Å². The molecule has 2 aromatic carbocycles. The van der Waals surface area contributed by atoms with E-state index in [0.29, 0.717) is 5.56 Å². The second kappa shape index (κ2) is 6.97. The molecule has 3 heteroatoms. The van der Waals surface area contributed by atoms with E-state index in [1.807, 2.05) is 18.2 Å². The second-order valence-corrected chi connectivity index (χ2v) is 7.44. The largest absolute Gasteiger partial charge is 0.348 e. The first-order valence-corrected chi connectivity index (χ1v) is 9.48. The molecule has 0 aliphatic carbocycles. The minimum atomic E-state index is 0.705. The van der Waals surface area contributed by atoms with Gasteiger partial charge in [-0.15, -0.1) is 0 Å². The van der Waals surface area contributed by atoms with Crippen molar-refractivity contribution in [2.75, 3.05) is 13.1 Å². The molecule has 26 heavy (non-hydrogen) atoms. The molecule has 1 unspecified atom stereocenters. The summed E-state index contributed by atoms with van der Waals surface area (Å²) in [6.45, 7) is 4.73. The Balaban J connectivity index is 1.61. The topological polar surface area (TPSA) is 32.0 Å². The van der Waals surface area contributed by atoms with E-state index in [1.165, 1.54) is 41.5 Å². The van der Waals surface area contributed by atoms with Crippen molar-refractivity contribution in [3.63, 3.8) is 0 Å². The third-order valence-electron chi connectivity index (χ3n) is 5.81. The highest BCUT2D eigenvalue weighted by atomic mass is 15.2. The molecule has 1 fully saturated rings. The normalized spacial score (nSPS) is 17.7. The molecule has 1 atom stereocenters. The molecule has 0 radical (unpaired) electrons. The zero-order valence-corrected chi connectivity index (χ0v) is 15.6. The molecule has 0 bridgehead atoms. The van der Waals surface area contributed by atoms with Crippen LogP contribution < -0.4 is 0 Å². The van der Waals surface area contributed by atoms with Crippen molar-refractivity contribution < 1.29 is 0 Å². The summed E-state index contributed by atoms with van der Waals surface area (Å²) in [6.07, 6.45) is 3.76. The Morgan fingerprint density at radius 1 is 1.12 bits per heavy atom. The van der Waals surface area contributed by atoms with Crippen LogP contribution in [0.25, 0.3) is 22.0 Å². The van der Waals surface area contributed by atoms with Gasteiger partial charge in [0.25, 0.3) is 0 Å². The van der Waals surface area contributed by atoms with E-state index < -0.39 is 0 Å². The van der Waals surface area contributed by atoms with Gasteiger partial charge in [-0.05, 0) is 67.8 Å². The minimum absolute atomic E-state index is 0.705. The van der Waals surface area contributed by atoms with E-state index in [1.54, 1.807) is 0 Å². The van der Waals surface area contributed by atoms with Gasteiger partial charge in [0, 0.05) is 42.7 Å². The van der Waals surface area contributed by atoms with Crippen LogP contribution in [0.2, 0.25) is 0 Å². The summed E-state index contributed by atoms with van der Waals surface area (Å²) < 4.78 is 2.32. The predicted octanol–water partition coefficient (Wildman–Crippen LogP) is 4.74. The first-order chi connectivity index (χ1) is 12.7. The number of benzene rings is 2. The fraction of sp³-hybridized carbons (Fsp3) is 0.348. The van der Waals surface area contributed by atoms with Gasteiger partial charge in [0.15, 0.2) is 0 Å². The van der Waals surface area contributed by atoms with E-state index in [4.69, 9.17) is 5.26 Å². The molecule has 0 saturated carbocycles. The van der Waals surface area contributed by atoms with Crippen molar-refractivity contribution in [1.29, 1.82) is 5.26 Å². The van der Waals surface area contributed by atoms with Crippen molar-refractivity contribution in [2.24, 2.45) is 7.05 Å². The average Bonchev–Trinajstić information content (AvgIpc) is 3.22. The van der Waals surface area contributed by atoms with E-state index >= 15 is 0 Å². The number of aromatic nitrogens is 1. The monoisotopic (exact) mass is 343 g/mol. The summed E-state index contributed by atoms with van der Waals surface area (Å²) in [5, 5.41) is 10.4. The minimum Gasteiger partial charge on any atom is -0.348 e. The number of rotatable bonds is 4. The Morgan fingerprint density at radius 3 is 2.73 bits per heavy atom. The Labute approximate surface area is 155 Å². The van der Waals surface area contributed by atoms with Crippen molar-refractivity contribution in [3.8, 4) is 17.2 Å². The molecule has 132 valence electrons. The third kappa shape index (κ3) is 3.13. The van der Waals surface area contributed by atoms with Gasteiger partial charge in [0.2, 0.25) is 0 Å². The maximum absolute atomic E-state index is 9.13. The maximum atomic E-state index is 9.13. The predicted molar refractivity (Wildman–Crippen MR) is 107 cm³/mol. The van der Waals surface area contributed by atoms with E-state index in [2.05, 4.69) is 59.8 Å². The van der Waals surface area contributed by atoms with Crippen molar-refractivity contribution >= 4 is 10.9 Å². The molecule has 1 aliphatic rings. The molecule has 1 aromatic heterocycles. The molecule has 2 heterocycles. The van der Waals surface area contributed by atoms with Gasteiger partial charge in [-0.2, -0.15) is 5.26 Å². The standard InChI is InChI=1S/C23H25N3/c1-17-5-4-11-26(17)12-10-22-15-21-14-20(8-9-23(21)25(22)2)19-7-3-6-18(13-19)16-24/h3,6-9,13-15,17H,4-5,10-12H2,1-2H3. The van der Waals surface area contributed by atoms with Gasteiger partial charge < -0.3 is 9.47 Å². The van der Waals surface area contributed by atoms with Crippen LogP contribution in [-0.2, 0) is 13.5 Å². The van der Waals surface area contributed by atoms with E-state index in [9.17, 15) is 0 Å². The highest BCUT2D eigenvalue weighted by Gasteiger charge is 2.20. The Bertz CT molecular complexity index is 977. The summed E-state index contributed by atoms with van der Waals surface area (Å²) in [5.41, 5.74) is 5.63. The van der Waals surface area contributed by atoms with Crippen molar-refractivity contribution in [2.45, 2.75) is 32.2 Å². The highest BCUT2D eigenvalue weighted by Crippen LogP contribution is 2.27. The molecular formula is C23H25N3. The van der Waals surface area contributed by atoms with Crippen LogP contribution in [0.1, 0.15) is 31.0 Å². The number of hydrogen-bond acceptors (Lipinski definition) is 2. The number of aryl methyl sites for hydroxylation is 1. The molecule has 1 aliphatic heterocycles. The maximum Gasteiger partial charge on any atom is 0.0991 e. The van der Waals surface area contributed by atoms with E-state index in [0.717, 1.165) is 24.6 Å². The fourth-order valence-electron chi connectivity index (χ4n) is 4.18. The molecular weight excluding hydrogens is 318 g/mol. The van der Waals surface area contributed by atoms with Crippen LogP contribution in [0.3, 0.4) is 0 Å². The number of likely N-dealkylation sites (tertiary alicyclic amines) is 1. The molecule has 0 spiro atoms. The average molecular weight is 343 g/mol. The number of nitriles is 1. The van der Waals surface area contributed by atoms with Crippen LogP contribution in [0, 0.1) is 11.3 Å². The number of nitrogens with zero attached hydrogens (tertiary/aromatic N) is 3.